The number of hydrogen-bond acceptors (Lipinski definition) is 2. The Kier molecular flexibility index (Phi) is 19.9. The van der Waals surface area contributed by atoms with E-state index in [0.29, 0.717) is 12.3 Å². The van der Waals surface area contributed by atoms with Crippen LogP contribution in [0.25, 0.3) is 0 Å². The Hall–Kier alpha value is -0.210. The molecule has 2 nitrogen and oxygen atoms in total. The summed E-state index contributed by atoms with van der Waals surface area (Å²) in [4.78, 5) is 11.5. The fourth-order valence-corrected chi connectivity index (χ4v) is 2.79. The van der Waals surface area contributed by atoms with Gasteiger partial charge in [0.05, 0.1) is 5.38 Å². The molecule has 1 unspecified atom stereocenters. The SMILES string of the molecule is CCCCCCCC/C=C\CCCCCCCC(=O)OCC(Cl)CCl. The van der Waals surface area contributed by atoms with Crippen LogP contribution in [0.15, 0.2) is 12.2 Å². The Morgan fingerprint density at radius 1 is 0.880 bits per heavy atom. The molecule has 0 saturated carbocycles. The van der Waals surface area contributed by atoms with Crippen molar-refractivity contribution in [3.8, 4) is 0 Å². The number of carbonyl (C=O) groups is 1. The minimum Gasteiger partial charge on any atom is -0.464 e. The van der Waals surface area contributed by atoms with E-state index in [4.69, 9.17) is 27.9 Å². The molecule has 0 fully saturated rings. The van der Waals surface area contributed by atoms with Crippen LogP contribution in [0.3, 0.4) is 0 Å². The van der Waals surface area contributed by atoms with Gasteiger partial charge in [-0.05, 0) is 32.1 Å². The van der Waals surface area contributed by atoms with Crippen molar-refractivity contribution < 1.29 is 9.53 Å². The Morgan fingerprint density at radius 3 is 1.96 bits per heavy atom. The van der Waals surface area contributed by atoms with Crippen LogP contribution in [0.1, 0.15) is 96.8 Å². The van der Waals surface area contributed by atoms with Gasteiger partial charge in [0.1, 0.15) is 6.61 Å². The number of rotatable bonds is 18. The molecule has 0 heterocycles. The molecular weight excluding hydrogens is 355 g/mol. The highest BCUT2D eigenvalue weighted by Crippen LogP contribution is 2.10. The van der Waals surface area contributed by atoms with Gasteiger partial charge in [-0.1, -0.05) is 70.4 Å². The highest BCUT2D eigenvalue weighted by Gasteiger charge is 2.07. The molecule has 0 aliphatic heterocycles. The van der Waals surface area contributed by atoms with Crippen LogP contribution in [0.4, 0.5) is 0 Å². The first kappa shape index (κ1) is 24.8. The van der Waals surface area contributed by atoms with Gasteiger partial charge in [0.25, 0.3) is 0 Å². The smallest absolute Gasteiger partial charge is 0.305 e. The number of hydrogen-bond donors (Lipinski definition) is 0. The van der Waals surface area contributed by atoms with Gasteiger partial charge in [-0.3, -0.25) is 4.79 Å². The summed E-state index contributed by atoms with van der Waals surface area (Å²) in [5.41, 5.74) is 0. The third kappa shape index (κ3) is 20.0. The molecule has 0 amide bonds. The number of allylic oxidation sites excluding steroid dienone is 2. The van der Waals surface area contributed by atoms with Gasteiger partial charge in [0, 0.05) is 12.3 Å². The summed E-state index contributed by atoms with van der Waals surface area (Å²) < 4.78 is 5.05. The van der Waals surface area contributed by atoms with Crippen LogP contribution in [0.2, 0.25) is 0 Å². The summed E-state index contributed by atoms with van der Waals surface area (Å²) >= 11 is 11.3. The number of ether oxygens (including phenoxy) is 1. The van der Waals surface area contributed by atoms with E-state index in [2.05, 4.69) is 19.1 Å². The molecule has 1 atom stereocenters. The number of esters is 1. The van der Waals surface area contributed by atoms with Crippen LogP contribution >= 0.6 is 23.2 Å². The lowest BCUT2D eigenvalue weighted by Crippen LogP contribution is -2.15. The van der Waals surface area contributed by atoms with Crippen molar-refractivity contribution in [3.05, 3.63) is 12.2 Å². The second-order valence-electron chi connectivity index (χ2n) is 6.77. The second kappa shape index (κ2) is 20.1. The lowest BCUT2D eigenvalue weighted by atomic mass is 10.1. The van der Waals surface area contributed by atoms with E-state index < -0.39 is 0 Å². The van der Waals surface area contributed by atoms with Crippen molar-refractivity contribution in [1.82, 2.24) is 0 Å². The van der Waals surface area contributed by atoms with E-state index in [1.807, 2.05) is 0 Å². The van der Waals surface area contributed by atoms with Gasteiger partial charge in [-0.25, -0.2) is 0 Å². The van der Waals surface area contributed by atoms with Gasteiger partial charge < -0.3 is 4.74 Å². The first-order valence-electron chi connectivity index (χ1n) is 10.2. The first-order valence-corrected chi connectivity index (χ1v) is 11.2. The maximum absolute atomic E-state index is 11.5. The monoisotopic (exact) mass is 392 g/mol. The number of carbonyl (C=O) groups excluding carboxylic acids is 1. The second-order valence-corrected chi connectivity index (χ2v) is 7.69. The number of unbranched alkanes of at least 4 members (excludes halogenated alkanes) is 11. The molecule has 0 aromatic rings. The van der Waals surface area contributed by atoms with Crippen LogP contribution < -0.4 is 0 Å². The quantitative estimate of drug-likeness (QED) is 0.105. The lowest BCUT2D eigenvalue weighted by Gasteiger charge is -2.07. The van der Waals surface area contributed by atoms with E-state index in [1.54, 1.807) is 0 Å². The molecule has 0 aromatic heterocycles. The van der Waals surface area contributed by atoms with Crippen molar-refractivity contribution in [2.75, 3.05) is 12.5 Å². The first-order chi connectivity index (χ1) is 12.2. The Morgan fingerprint density at radius 2 is 1.40 bits per heavy atom. The maximum atomic E-state index is 11.5. The van der Waals surface area contributed by atoms with Crippen LogP contribution in [-0.4, -0.2) is 23.8 Å². The third-order valence-electron chi connectivity index (χ3n) is 4.24. The average Bonchev–Trinajstić information content (AvgIpc) is 2.62. The van der Waals surface area contributed by atoms with Gasteiger partial charge >= 0.3 is 5.97 Å². The minimum atomic E-state index is -0.278. The van der Waals surface area contributed by atoms with Gasteiger partial charge in [0.15, 0.2) is 0 Å². The van der Waals surface area contributed by atoms with Crippen molar-refractivity contribution >= 4 is 29.2 Å². The summed E-state index contributed by atoms with van der Waals surface area (Å²) in [6.45, 7) is 2.48. The van der Waals surface area contributed by atoms with E-state index in [1.165, 1.54) is 70.6 Å². The molecule has 0 rings (SSSR count). The number of alkyl halides is 2. The standard InChI is InChI=1S/C21H38Cl2O2/c1-2-3-4-5-6-7-8-9-10-11-12-13-14-15-16-17-21(24)25-19-20(23)18-22/h9-10,20H,2-8,11-19H2,1H3/b10-9-. The molecule has 0 spiro atoms. The van der Waals surface area contributed by atoms with Crippen LogP contribution in [0, 0.1) is 0 Å². The molecule has 0 bridgehead atoms. The topological polar surface area (TPSA) is 26.3 Å². The lowest BCUT2D eigenvalue weighted by molar-refractivity contribution is -0.143. The zero-order chi connectivity index (χ0) is 18.6. The predicted octanol–water partition coefficient (Wildman–Crippen LogP) is 7.41. The molecule has 0 saturated heterocycles. The zero-order valence-electron chi connectivity index (χ0n) is 16.1. The molecule has 0 aliphatic rings. The molecule has 4 heteroatoms. The Labute approximate surface area is 165 Å². The summed E-state index contributed by atoms with van der Waals surface area (Å²) in [7, 11) is 0. The normalized spacial score (nSPS) is 12.6. The highest BCUT2D eigenvalue weighted by atomic mass is 35.5. The van der Waals surface area contributed by atoms with E-state index in [-0.39, 0.29) is 18.0 Å². The van der Waals surface area contributed by atoms with Gasteiger partial charge in [0.2, 0.25) is 0 Å². The minimum absolute atomic E-state index is 0.159. The zero-order valence-corrected chi connectivity index (χ0v) is 17.6. The van der Waals surface area contributed by atoms with Gasteiger partial charge in [-0.2, -0.15) is 0 Å². The Balaban J connectivity index is 3.22. The van der Waals surface area contributed by atoms with Crippen molar-refractivity contribution in [3.63, 3.8) is 0 Å². The maximum Gasteiger partial charge on any atom is 0.305 e. The highest BCUT2D eigenvalue weighted by molar-refractivity contribution is 6.28. The predicted molar refractivity (Wildman–Crippen MR) is 111 cm³/mol. The molecule has 0 N–H and O–H groups in total. The third-order valence-corrected chi connectivity index (χ3v) is 5.05. The van der Waals surface area contributed by atoms with E-state index in [9.17, 15) is 4.79 Å². The summed E-state index contributed by atoms with van der Waals surface area (Å²) in [6.07, 6.45) is 21.5. The van der Waals surface area contributed by atoms with Crippen LogP contribution in [0.5, 0.6) is 0 Å². The fraction of sp³-hybridized carbons (Fsp3) is 0.857. The molecule has 0 aromatic carbocycles. The largest absolute Gasteiger partial charge is 0.464 e. The molecule has 0 aliphatic carbocycles. The summed E-state index contributed by atoms with van der Waals surface area (Å²) in [6, 6.07) is 0. The van der Waals surface area contributed by atoms with Crippen LogP contribution in [-0.2, 0) is 9.53 Å². The van der Waals surface area contributed by atoms with Crippen molar-refractivity contribution in [1.29, 1.82) is 0 Å². The molecule has 0 radical (unpaired) electrons. The molecule has 25 heavy (non-hydrogen) atoms. The van der Waals surface area contributed by atoms with E-state index >= 15 is 0 Å². The summed E-state index contributed by atoms with van der Waals surface area (Å²) in [5, 5.41) is -0.278. The van der Waals surface area contributed by atoms with Crippen molar-refractivity contribution in [2.24, 2.45) is 0 Å². The fourth-order valence-electron chi connectivity index (χ4n) is 2.64. The Bertz CT molecular complexity index is 319. The molecular formula is C21H38Cl2O2. The average molecular weight is 393 g/mol. The van der Waals surface area contributed by atoms with Gasteiger partial charge in [-0.15, -0.1) is 23.2 Å². The van der Waals surface area contributed by atoms with Crippen molar-refractivity contribution in [2.45, 2.75) is 102 Å². The number of halogens is 2. The van der Waals surface area contributed by atoms with E-state index in [0.717, 1.165) is 12.8 Å². The molecule has 148 valence electrons. The summed E-state index contributed by atoms with van der Waals surface area (Å²) in [5.74, 6) is 0.149.